The van der Waals surface area contributed by atoms with Gasteiger partial charge in [0.05, 0.1) is 10.5 Å². The monoisotopic (exact) mass is 377 g/mol. The molecule has 0 aliphatic carbocycles. The van der Waals surface area contributed by atoms with Gasteiger partial charge in [-0.3, -0.25) is 14.9 Å². The van der Waals surface area contributed by atoms with Crippen LogP contribution < -0.4 is 5.32 Å². The summed E-state index contributed by atoms with van der Waals surface area (Å²) in [4.78, 5) is 25.8. The maximum Gasteiger partial charge on any atom is 0.270 e. The zero-order valence-corrected chi connectivity index (χ0v) is 15.4. The molecule has 26 heavy (non-hydrogen) atoms. The minimum atomic E-state index is -0.555. The van der Waals surface area contributed by atoms with E-state index in [4.69, 9.17) is 0 Å². The molecule has 0 fully saturated rings. The molecule has 0 aromatic heterocycles. The first-order valence-electron chi connectivity index (χ1n) is 8.02. The number of amides is 1. The molecule has 1 N–H and O–H groups in total. The van der Waals surface area contributed by atoms with Crippen LogP contribution in [0.1, 0.15) is 16.8 Å². The predicted molar refractivity (Wildman–Crippen MR) is 99.1 cm³/mol. The van der Waals surface area contributed by atoms with E-state index < -0.39 is 16.6 Å². The third-order valence-corrected chi connectivity index (χ3v) is 4.67. The van der Waals surface area contributed by atoms with Gasteiger partial charge in [0.15, 0.2) is 0 Å². The molecule has 0 spiro atoms. The maximum absolute atomic E-state index is 13.9. The van der Waals surface area contributed by atoms with Crippen molar-refractivity contribution in [1.82, 2.24) is 10.2 Å². The smallest absolute Gasteiger partial charge is 0.270 e. The van der Waals surface area contributed by atoms with Crippen molar-refractivity contribution < 1.29 is 14.1 Å². The fraction of sp³-hybridized carbons (Fsp3) is 0.278. The van der Waals surface area contributed by atoms with E-state index in [1.54, 1.807) is 18.2 Å². The highest BCUT2D eigenvalue weighted by molar-refractivity contribution is 7.99. The number of rotatable bonds is 8. The van der Waals surface area contributed by atoms with Crippen molar-refractivity contribution in [3.8, 4) is 0 Å². The van der Waals surface area contributed by atoms with Crippen LogP contribution in [0.2, 0.25) is 0 Å². The number of carbonyl (C=O) groups excluding carboxylic acids is 1. The summed E-state index contributed by atoms with van der Waals surface area (Å²) in [5.41, 5.74) is -0.0152. The molecule has 0 atom stereocenters. The number of nitro benzene ring substituents is 1. The first kappa shape index (κ1) is 19.9. The highest BCUT2D eigenvalue weighted by Gasteiger charge is 2.18. The van der Waals surface area contributed by atoms with E-state index >= 15 is 0 Å². The molecule has 2 aromatic carbocycles. The first-order chi connectivity index (χ1) is 12.4. The largest absolute Gasteiger partial charge is 0.352 e. The fourth-order valence-electron chi connectivity index (χ4n) is 2.24. The normalized spacial score (nSPS) is 10.8. The van der Waals surface area contributed by atoms with Gasteiger partial charge >= 0.3 is 0 Å². The molecule has 0 saturated carbocycles. The lowest BCUT2D eigenvalue weighted by Crippen LogP contribution is -2.27. The number of hydrogen-bond donors (Lipinski definition) is 1. The van der Waals surface area contributed by atoms with E-state index in [9.17, 15) is 19.3 Å². The van der Waals surface area contributed by atoms with Crippen LogP contribution in [0.4, 0.5) is 10.1 Å². The Morgan fingerprint density at radius 2 is 1.96 bits per heavy atom. The summed E-state index contributed by atoms with van der Waals surface area (Å²) in [6, 6.07) is 10.2. The van der Waals surface area contributed by atoms with Crippen molar-refractivity contribution in [2.24, 2.45) is 0 Å². The molecule has 0 aliphatic heterocycles. The number of halogens is 1. The van der Waals surface area contributed by atoms with Gasteiger partial charge in [-0.1, -0.05) is 23.9 Å². The van der Waals surface area contributed by atoms with Crippen molar-refractivity contribution in [3.63, 3.8) is 0 Å². The topological polar surface area (TPSA) is 75.5 Å². The fourth-order valence-corrected chi connectivity index (χ4v) is 3.18. The SMILES string of the molecule is CN(C)CCCNC(=O)c1cc([N+](=O)[O-])ccc1Sc1ccccc1F. The lowest BCUT2D eigenvalue weighted by Gasteiger charge is -2.12. The van der Waals surface area contributed by atoms with Crippen molar-refractivity contribution in [2.75, 3.05) is 27.2 Å². The Labute approximate surface area is 155 Å². The van der Waals surface area contributed by atoms with Gasteiger partial charge in [0.2, 0.25) is 0 Å². The van der Waals surface area contributed by atoms with Crippen molar-refractivity contribution >= 4 is 23.4 Å². The van der Waals surface area contributed by atoms with Gasteiger partial charge in [0, 0.05) is 28.5 Å². The van der Waals surface area contributed by atoms with Crippen molar-refractivity contribution in [1.29, 1.82) is 0 Å². The Kier molecular flexibility index (Phi) is 7.11. The van der Waals surface area contributed by atoms with Gasteiger partial charge < -0.3 is 10.2 Å². The average Bonchev–Trinajstić information content (AvgIpc) is 2.60. The summed E-state index contributed by atoms with van der Waals surface area (Å²) in [5, 5.41) is 13.8. The number of nitrogens with one attached hydrogen (secondary N) is 1. The van der Waals surface area contributed by atoms with Gasteiger partial charge in [-0.25, -0.2) is 4.39 Å². The van der Waals surface area contributed by atoms with E-state index in [-0.39, 0.29) is 11.3 Å². The zero-order chi connectivity index (χ0) is 19.1. The van der Waals surface area contributed by atoms with Crippen LogP contribution in [0.5, 0.6) is 0 Å². The van der Waals surface area contributed by atoms with Gasteiger partial charge in [0.25, 0.3) is 11.6 Å². The molecule has 0 heterocycles. The molecule has 138 valence electrons. The van der Waals surface area contributed by atoms with Crippen LogP contribution in [-0.2, 0) is 0 Å². The van der Waals surface area contributed by atoms with Crippen molar-refractivity contribution in [3.05, 3.63) is 64.0 Å². The number of hydrogen-bond acceptors (Lipinski definition) is 5. The van der Waals surface area contributed by atoms with Crippen LogP contribution in [0.15, 0.2) is 52.3 Å². The molecule has 0 unspecified atom stereocenters. The molecular weight excluding hydrogens is 357 g/mol. The molecule has 0 bridgehead atoms. The Balaban J connectivity index is 2.23. The lowest BCUT2D eigenvalue weighted by molar-refractivity contribution is -0.384. The zero-order valence-electron chi connectivity index (χ0n) is 14.6. The average molecular weight is 377 g/mol. The minimum Gasteiger partial charge on any atom is -0.352 e. The number of carbonyl (C=O) groups is 1. The molecule has 6 nitrogen and oxygen atoms in total. The highest BCUT2D eigenvalue weighted by atomic mass is 32.2. The maximum atomic E-state index is 13.9. The Hall–Kier alpha value is -2.45. The second-order valence-electron chi connectivity index (χ2n) is 5.88. The van der Waals surface area contributed by atoms with Gasteiger partial charge in [-0.2, -0.15) is 0 Å². The quantitative estimate of drug-likeness (QED) is 0.432. The minimum absolute atomic E-state index is 0.164. The summed E-state index contributed by atoms with van der Waals surface area (Å²) in [7, 11) is 3.87. The van der Waals surface area contributed by atoms with E-state index in [2.05, 4.69) is 5.32 Å². The van der Waals surface area contributed by atoms with Gasteiger partial charge in [-0.05, 0) is 45.3 Å². The van der Waals surface area contributed by atoms with Crippen LogP contribution in [-0.4, -0.2) is 42.9 Å². The molecule has 0 aliphatic rings. The molecule has 0 radical (unpaired) electrons. The lowest BCUT2D eigenvalue weighted by atomic mass is 10.2. The standard InChI is InChI=1S/C18H20FN3O3S/c1-21(2)11-5-10-20-18(23)14-12-13(22(24)25)8-9-16(14)26-17-7-4-3-6-15(17)19/h3-4,6-9,12H,5,10-11H2,1-2H3,(H,20,23). The number of nitro groups is 1. The van der Waals surface area contributed by atoms with E-state index in [0.717, 1.165) is 24.7 Å². The molecule has 2 aromatic rings. The molecule has 0 saturated heterocycles. The van der Waals surface area contributed by atoms with E-state index in [1.165, 1.54) is 24.3 Å². The number of non-ortho nitro benzene ring substituents is 1. The summed E-state index contributed by atoms with van der Waals surface area (Å²) in [6.07, 6.45) is 0.753. The highest BCUT2D eigenvalue weighted by Crippen LogP contribution is 2.34. The third-order valence-electron chi connectivity index (χ3n) is 3.54. The number of benzene rings is 2. The first-order valence-corrected chi connectivity index (χ1v) is 8.84. The Bertz CT molecular complexity index is 799. The van der Waals surface area contributed by atoms with E-state index in [0.29, 0.717) is 16.3 Å². The molecular formula is C18H20FN3O3S. The second-order valence-corrected chi connectivity index (χ2v) is 6.97. The van der Waals surface area contributed by atoms with Crippen LogP contribution >= 0.6 is 11.8 Å². The molecule has 8 heteroatoms. The summed E-state index contributed by atoms with van der Waals surface area (Å²) in [6.45, 7) is 1.26. The van der Waals surface area contributed by atoms with Gasteiger partial charge in [0.1, 0.15) is 5.82 Å². The predicted octanol–water partition coefficient (Wildman–Crippen LogP) is 3.57. The van der Waals surface area contributed by atoms with Gasteiger partial charge in [-0.15, -0.1) is 0 Å². The molecule has 1 amide bonds. The van der Waals surface area contributed by atoms with Crippen molar-refractivity contribution in [2.45, 2.75) is 16.2 Å². The molecule has 2 rings (SSSR count). The summed E-state index contributed by atoms with van der Waals surface area (Å²) in [5.74, 6) is -0.820. The van der Waals surface area contributed by atoms with Crippen LogP contribution in [0.25, 0.3) is 0 Å². The third kappa shape index (κ3) is 5.53. The van der Waals surface area contributed by atoms with Crippen LogP contribution in [0, 0.1) is 15.9 Å². The summed E-state index contributed by atoms with van der Waals surface area (Å²) < 4.78 is 13.9. The number of nitrogens with zero attached hydrogens (tertiary/aromatic N) is 2. The second kappa shape index (κ2) is 9.30. The summed E-state index contributed by atoms with van der Waals surface area (Å²) >= 11 is 1.07. The van der Waals surface area contributed by atoms with Crippen LogP contribution in [0.3, 0.4) is 0 Å². The Morgan fingerprint density at radius 3 is 2.62 bits per heavy atom. The van der Waals surface area contributed by atoms with E-state index in [1.807, 2.05) is 19.0 Å². The Morgan fingerprint density at radius 1 is 1.23 bits per heavy atom.